The Morgan fingerprint density at radius 1 is 0.857 bits per heavy atom. The van der Waals surface area contributed by atoms with Crippen molar-refractivity contribution < 1.29 is 5.11 Å². The van der Waals surface area contributed by atoms with Crippen LogP contribution < -0.4 is 0 Å². The average molecular weight is 278 g/mol. The molecule has 0 spiro atoms. The summed E-state index contributed by atoms with van der Waals surface area (Å²) >= 11 is 0. The van der Waals surface area contributed by atoms with E-state index in [1.165, 1.54) is 11.1 Å². The molecule has 2 atom stereocenters. The van der Waals surface area contributed by atoms with Crippen molar-refractivity contribution in [1.29, 1.82) is 0 Å². The number of aliphatic hydroxyl groups excluding tert-OH is 1. The molecule has 1 N–H and O–H groups in total. The molecule has 2 aromatic carbocycles. The van der Waals surface area contributed by atoms with E-state index in [4.69, 9.17) is 0 Å². The molecule has 0 bridgehead atoms. The Bertz CT molecular complexity index is 613. The van der Waals surface area contributed by atoms with Gasteiger partial charge in [-0.1, -0.05) is 74.0 Å². The SMILES string of the molecule is CCCC1CC(O)C(c2ccccc2)=C1c1ccccc1. The van der Waals surface area contributed by atoms with Gasteiger partial charge in [0.15, 0.2) is 0 Å². The third-order valence-electron chi connectivity index (χ3n) is 4.35. The van der Waals surface area contributed by atoms with Crippen LogP contribution in [0.1, 0.15) is 37.3 Å². The van der Waals surface area contributed by atoms with Crippen molar-refractivity contribution in [2.75, 3.05) is 0 Å². The Labute approximate surface area is 127 Å². The fraction of sp³-hybridized carbons (Fsp3) is 0.300. The molecular weight excluding hydrogens is 256 g/mol. The van der Waals surface area contributed by atoms with Crippen LogP contribution in [0.15, 0.2) is 60.7 Å². The Balaban J connectivity index is 2.14. The van der Waals surface area contributed by atoms with Crippen LogP contribution in [0.25, 0.3) is 11.1 Å². The molecule has 1 heteroatoms. The largest absolute Gasteiger partial charge is 0.388 e. The highest BCUT2D eigenvalue weighted by molar-refractivity contribution is 5.95. The van der Waals surface area contributed by atoms with E-state index >= 15 is 0 Å². The van der Waals surface area contributed by atoms with E-state index in [0.717, 1.165) is 30.4 Å². The van der Waals surface area contributed by atoms with Gasteiger partial charge in [-0.15, -0.1) is 0 Å². The van der Waals surface area contributed by atoms with E-state index < -0.39 is 0 Å². The van der Waals surface area contributed by atoms with Gasteiger partial charge in [-0.2, -0.15) is 0 Å². The maximum Gasteiger partial charge on any atom is 0.0804 e. The van der Waals surface area contributed by atoms with Gasteiger partial charge in [0.05, 0.1) is 6.10 Å². The average Bonchev–Trinajstić information content (AvgIpc) is 2.86. The van der Waals surface area contributed by atoms with Gasteiger partial charge in [0.2, 0.25) is 0 Å². The molecule has 0 saturated carbocycles. The lowest BCUT2D eigenvalue weighted by molar-refractivity contribution is 0.216. The number of hydrogen-bond acceptors (Lipinski definition) is 1. The summed E-state index contributed by atoms with van der Waals surface area (Å²) in [6.45, 7) is 2.22. The first-order valence-corrected chi connectivity index (χ1v) is 7.84. The summed E-state index contributed by atoms with van der Waals surface area (Å²) in [5.74, 6) is 0.461. The summed E-state index contributed by atoms with van der Waals surface area (Å²) in [5, 5.41) is 10.6. The highest BCUT2D eigenvalue weighted by Gasteiger charge is 2.33. The molecule has 21 heavy (non-hydrogen) atoms. The van der Waals surface area contributed by atoms with Crippen molar-refractivity contribution >= 4 is 11.1 Å². The van der Waals surface area contributed by atoms with Gasteiger partial charge >= 0.3 is 0 Å². The van der Waals surface area contributed by atoms with Gasteiger partial charge in [-0.3, -0.25) is 0 Å². The van der Waals surface area contributed by atoms with Crippen molar-refractivity contribution in [3.05, 3.63) is 71.8 Å². The van der Waals surface area contributed by atoms with E-state index in [2.05, 4.69) is 43.3 Å². The van der Waals surface area contributed by atoms with Crippen LogP contribution in [0.4, 0.5) is 0 Å². The first kappa shape index (κ1) is 14.1. The second-order valence-corrected chi connectivity index (χ2v) is 5.80. The molecule has 0 heterocycles. The summed E-state index contributed by atoms with van der Waals surface area (Å²) < 4.78 is 0. The van der Waals surface area contributed by atoms with E-state index in [0.29, 0.717) is 5.92 Å². The number of allylic oxidation sites excluding steroid dienone is 1. The second-order valence-electron chi connectivity index (χ2n) is 5.80. The van der Waals surface area contributed by atoms with Crippen LogP contribution >= 0.6 is 0 Å². The first-order chi connectivity index (χ1) is 10.3. The minimum absolute atomic E-state index is 0.348. The number of hydrogen-bond donors (Lipinski definition) is 1. The molecule has 108 valence electrons. The Morgan fingerprint density at radius 3 is 1.90 bits per heavy atom. The molecule has 0 aromatic heterocycles. The van der Waals surface area contributed by atoms with E-state index in [1.54, 1.807) is 0 Å². The molecule has 0 aliphatic heterocycles. The number of benzene rings is 2. The van der Waals surface area contributed by atoms with Gasteiger partial charge in [-0.25, -0.2) is 0 Å². The van der Waals surface area contributed by atoms with Crippen molar-refractivity contribution in [3.63, 3.8) is 0 Å². The predicted molar refractivity (Wildman–Crippen MR) is 88.7 cm³/mol. The number of aliphatic hydroxyl groups is 1. The topological polar surface area (TPSA) is 20.2 Å². The van der Waals surface area contributed by atoms with Gasteiger partial charge in [-0.05, 0) is 41.0 Å². The Hall–Kier alpha value is -1.86. The molecule has 0 amide bonds. The van der Waals surface area contributed by atoms with Crippen LogP contribution in [-0.4, -0.2) is 11.2 Å². The standard InChI is InChI=1S/C20H22O/c1-2-9-17-14-18(21)20(16-12-7-4-8-13-16)19(17)15-10-5-3-6-11-15/h3-8,10-13,17-18,21H,2,9,14H2,1H3. The molecule has 0 fully saturated rings. The van der Waals surface area contributed by atoms with E-state index in [-0.39, 0.29) is 6.10 Å². The summed E-state index contributed by atoms with van der Waals surface area (Å²) in [6.07, 6.45) is 2.79. The third-order valence-corrected chi connectivity index (χ3v) is 4.35. The lowest BCUT2D eigenvalue weighted by Gasteiger charge is -2.15. The zero-order valence-corrected chi connectivity index (χ0v) is 12.5. The lowest BCUT2D eigenvalue weighted by atomic mass is 9.89. The van der Waals surface area contributed by atoms with Crippen molar-refractivity contribution in [3.8, 4) is 0 Å². The molecular formula is C20H22O. The van der Waals surface area contributed by atoms with Crippen LogP contribution in [0.3, 0.4) is 0 Å². The van der Waals surface area contributed by atoms with Crippen molar-refractivity contribution in [2.45, 2.75) is 32.3 Å². The monoisotopic (exact) mass is 278 g/mol. The van der Waals surface area contributed by atoms with Crippen LogP contribution in [0.5, 0.6) is 0 Å². The van der Waals surface area contributed by atoms with E-state index in [1.807, 2.05) is 24.3 Å². The normalized spacial score (nSPS) is 21.8. The third kappa shape index (κ3) is 2.79. The quantitative estimate of drug-likeness (QED) is 0.853. The second kappa shape index (κ2) is 6.28. The molecule has 1 nitrogen and oxygen atoms in total. The van der Waals surface area contributed by atoms with Gasteiger partial charge in [0, 0.05) is 0 Å². The fourth-order valence-corrected chi connectivity index (χ4v) is 3.49. The predicted octanol–water partition coefficient (Wildman–Crippen LogP) is 4.78. The van der Waals surface area contributed by atoms with Gasteiger partial charge < -0.3 is 5.11 Å². The summed E-state index contributed by atoms with van der Waals surface area (Å²) in [7, 11) is 0. The molecule has 0 saturated heterocycles. The summed E-state index contributed by atoms with van der Waals surface area (Å²) in [5.41, 5.74) is 4.88. The van der Waals surface area contributed by atoms with Crippen molar-refractivity contribution in [2.24, 2.45) is 5.92 Å². The molecule has 2 unspecified atom stereocenters. The Morgan fingerprint density at radius 2 is 1.38 bits per heavy atom. The lowest BCUT2D eigenvalue weighted by Crippen LogP contribution is -2.05. The molecule has 1 aliphatic carbocycles. The van der Waals surface area contributed by atoms with Crippen molar-refractivity contribution in [1.82, 2.24) is 0 Å². The smallest absolute Gasteiger partial charge is 0.0804 e. The summed E-state index contributed by atoms with van der Waals surface area (Å²) in [6, 6.07) is 20.9. The minimum atomic E-state index is -0.348. The molecule has 2 aromatic rings. The first-order valence-electron chi connectivity index (χ1n) is 7.84. The maximum absolute atomic E-state index is 10.6. The van der Waals surface area contributed by atoms with Gasteiger partial charge in [0.1, 0.15) is 0 Å². The fourth-order valence-electron chi connectivity index (χ4n) is 3.49. The zero-order valence-electron chi connectivity index (χ0n) is 12.5. The van der Waals surface area contributed by atoms with Crippen LogP contribution in [0.2, 0.25) is 0 Å². The summed E-state index contributed by atoms with van der Waals surface area (Å²) in [4.78, 5) is 0. The van der Waals surface area contributed by atoms with Crippen LogP contribution in [0, 0.1) is 5.92 Å². The highest BCUT2D eigenvalue weighted by Crippen LogP contribution is 2.45. The number of rotatable bonds is 4. The maximum atomic E-state index is 10.6. The molecule has 3 rings (SSSR count). The van der Waals surface area contributed by atoms with Crippen LogP contribution in [-0.2, 0) is 0 Å². The Kier molecular flexibility index (Phi) is 4.21. The molecule has 1 aliphatic rings. The van der Waals surface area contributed by atoms with Gasteiger partial charge in [0.25, 0.3) is 0 Å². The molecule has 0 radical (unpaired) electrons. The highest BCUT2D eigenvalue weighted by atomic mass is 16.3. The van der Waals surface area contributed by atoms with E-state index in [9.17, 15) is 5.11 Å². The minimum Gasteiger partial charge on any atom is -0.388 e. The zero-order chi connectivity index (χ0) is 14.7.